The molecule has 5 aromatic heterocycles. The van der Waals surface area contributed by atoms with Crippen LogP contribution in [0.1, 0.15) is 314 Å². The Morgan fingerprint density at radius 2 is 0.503 bits per heavy atom. The largest absolute Gasteiger partial charge is 0.481 e. The van der Waals surface area contributed by atoms with Gasteiger partial charge in [0.15, 0.2) is 0 Å². The van der Waals surface area contributed by atoms with E-state index < -0.39 is 22.8 Å². The van der Waals surface area contributed by atoms with Gasteiger partial charge in [-0.3, -0.25) is 29.7 Å². The Bertz CT molecular complexity index is 6030. The number of rotatable bonds is 18. The summed E-state index contributed by atoms with van der Waals surface area (Å²) in [6.07, 6.45) is 23.2. The van der Waals surface area contributed by atoms with E-state index in [1.54, 1.807) is 24.3 Å². The molecule has 0 spiro atoms. The number of hydrazine groups is 1. The minimum Gasteiger partial charge on any atom is -0.481 e. The van der Waals surface area contributed by atoms with Gasteiger partial charge < -0.3 is 47.1 Å². The number of cyclic esters (lactones) is 3. The lowest BCUT2D eigenvalue weighted by atomic mass is 9.83. The Morgan fingerprint density at radius 1 is 0.295 bits per heavy atom. The van der Waals surface area contributed by atoms with Crippen LogP contribution in [0, 0.1) is 17.8 Å². The molecule has 3 atom stereocenters. The van der Waals surface area contributed by atoms with Crippen molar-refractivity contribution in [2.45, 2.75) is 298 Å². The smallest absolute Gasteiger partial charge is 0.411 e. The molecule has 6 saturated carbocycles. The van der Waals surface area contributed by atoms with Crippen LogP contribution in [0.25, 0.3) is 57.3 Å². The van der Waals surface area contributed by atoms with Gasteiger partial charge in [-0.05, 0) is 297 Å². The third-order valence-corrected chi connectivity index (χ3v) is 30.5. The molecule has 23 rings (SSSR count). The third kappa shape index (κ3) is 26.7. The Balaban J connectivity index is 0.000000123. The number of nitrogens with zero attached hydrogens (tertiary/aromatic N) is 13. The number of hydrogen-bond donors (Lipinski definition) is 4. The average Bonchev–Trinajstić information content (AvgIpc) is 1.61. The zero-order chi connectivity index (χ0) is 104. The zero-order valence-electron chi connectivity index (χ0n) is 86.3. The molecule has 778 valence electrons. The van der Waals surface area contributed by atoms with Crippen molar-refractivity contribution >= 4 is 30.2 Å². The summed E-state index contributed by atoms with van der Waals surface area (Å²) in [5.74, 6) is 13.7. The van der Waals surface area contributed by atoms with Gasteiger partial charge in [0.1, 0.15) is 16.8 Å². The second-order valence-electron chi connectivity index (χ2n) is 42.4. The van der Waals surface area contributed by atoms with E-state index in [1.165, 1.54) is 25.7 Å². The predicted molar refractivity (Wildman–Crippen MR) is 565 cm³/mol. The van der Waals surface area contributed by atoms with Crippen LogP contribution in [0.2, 0.25) is 0 Å². The van der Waals surface area contributed by atoms with Gasteiger partial charge in [0.05, 0.1) is 24.0 Å². The molecule has 3 saturated heterocycles. The standard InChI is InChI=1S/3C25H27N3O3.C15H18N2O.C14H17N3O.C8H14O2.C7H8N2O/c3*1-25(2)21(17-9-5-3-6-10-17)28(24(29)31-25)20-15-13-19(14-16-20)23-27-26-22(30-23)18-11-7-4-8-12-18;1-11-7-9-13(10-8-11)15-17-16-14(18-15)12-5-3-2-4-6-12;15-12-8-6-11(7-9-12)14-17-16-13(18-14)10-4-2-1-3-5-10;1-6-2-4-7(5-3-6)8(9)10;8-9-7(10)6-4-2-1-3-5-6/h3*3-12,19-21H,13-16H2,1-2H3;2-6,11,13H,7-10H2,1H3;1-5,11-12H,6-9,15H2;6-7H,2-5H2,1H3,(H,9,10);1-5H,8H2,(H,9,10)/t2*19?,20?,21-;;;;;/m10...../s1. The van der Waals surface area contributed by atoms with E-state index in [9.17, 15) is 24.0 Å². The Labute approximate surface area is 871 Å². The molecule has 9 fully saturated rings. The molecule has 6 aliphatic carbocycles. The maximum Gasteiger partial charge on any atom is 0.411 e. The maximum atomic E-state index is 12.8. The first kappa shape index (κ1) is 106. The van der Waals surface area contributed by atoms with Gasteiger partial charge >= 0.3 is 24.2 Å². The normalized spacial score (nSPS) is 24.5. The molecule has 9 aliphatic rings. The van der Waals surface area contributed by atoms with Crippen LogP contribution in [0.5, 0.6) is 0 Å². The van der Waals surface area contributed by atoms with Crippen molar-refractivity contribution in [1.29, 1.82) is 0 Å². The van der Waals surface area contributed by atoms with Crippen molar-refractivity contribution in [2.24, 2.45) is 29.3 Å². The topological polar surface area (TPSA) is 402 Å². The molecule has 8 heterocycles. The van der Waals surface area contributed by atoms with E-state index in [1.807, 2.05) is 274 Å². The van der Waals surface area contributed by atoms with Crippen LogP contribution in [0.4, 0.5) is 14.4 Å². The van der Waals surface area contributed by atoms with E-state index in [-0.39, 0.29) is 84.1 Å². The summed E-state index contributed by atoms with van der Waals surface area (Å²) in [6.45, 7) is 16.5. The number of nitrogens with two attached hydrogens (primary N) is 2. The van der Waals surface area contributed by atoms with E-state index in [0.717, 1.165) is 197 Å². The van der Waals surface area contributed by atoms with Crippen LogP contribution in [0.3, 0.4) is 0 Å². The Morgan fingerprint density at radius 3 is 0.732 bits per heavy atom. The van der Waals surface area contributed by atoms with Crippen LogP contribution >= 0.6 is 0 Å². The van der Waals surface area contributed by atoms with Gasteiger partial charge in [-0.2, -0.15) is 0 Å². The molecule has 14 aromatic rings. The minimum atomic E-state index is -0.605. The number of carbonyl (C=O) groups is 5. The highest BCUT2D eigenvalue weighted by Crippen LogP contribution is 2.51. The summed E-state index contributed by atoms with van der Waals surface area (Å²) in [6, 6.07) is 89.2. The van der Waals surface area contributed by atoms with Crippen molar-refractivity contribution in [2.75, 3.05) is 0 Å². The van der Waals surface area contributed by atoms with Crippen LogP contribution in [-0.2, 0) is 19.0 Å². The molecule has 6 N–H and O–H groups in total. The third-order valence-electron chi connectivity index (χ3n) is 30.5. The van der Waals surface area contributed by atoms with Crippen molar-refractivity contribution in [3.05, 3.63) is 325 Å². The minimum absolute atomic E-state index is 0.0452. The van der Waals surface area contributed by atoms with Gasteiger partial charge in [-0.15, -0.1) is 51.0 Å². The maximum absolute atomic E-state index is 12.8. The number of aliphatic carboxylic acids is 1. The molecule has 3 aliphatic heterocycles. The number of amides is 4. The van der Waals surface area contributed by atoms with Crippen molar-refractivity contribution in [3.63, 3.8) is 0 Å². The second-order valence-corrected chi connectivity index (χ2v) is 42.4. The van der Waals surface area contributed by atoms with Crippen LogP contribution in [-0.4, -0.2) is 142 Å². The number of carboxylic acid groups (broad SMARTS) is 1. The number of benzene rings is 9. The molecule has 4 amide bonds. The fourth-order valence-electron chi connectivity index (χ4n) is 22.3. The van der Waals surface area contributed by atoms with Crippen molar-refractivity contribution < 1.29 is 65.4 Å². The highest BCUT2D eigenvalue weighted by Gasteiger charge is 2.55. The summed E-state index contributed by atoms with van der Waals surface area (Å²) in [4.78, 5) is 65.7. The quantitative estimate of drug-likeness (QED) is 0.0268. The van der Waals surface area contributed by atoms with Crippen LogP contribution in [0.15, 0.2) is 295 Å². The van der Waals surface area contributed by atoms with Gasteiger partial charge in [0.2, 0.25) is 58.9 Å². The summed E-state index contributed by atoms with van der Waals surface area (Å²) in [7, 11) is 0. The fraction of sp³-hybridized carbons (Fsp3) is 0.420. The van der Waals surface area contributed by atoms with Gasteiger partial charge in [0, 0.05) is 87.1 Å². The number of nitrogens with one attached hydrogen (secondary N) is 1. The van der Waals surface area contributed by atoms with E-state index in [0.29, 0.717) is 70.6 Å². The lowest BCUT2D eigenvalue weighted by molar-refractivity contribution is -0.143. The van der Waals surface area contributed by atoms with Crippen LogP contribution < -0.4 is 17.0 Å². The number of carboxylic acids is 1. The first-order valence-corrected chi connectivity index (χ1v) is 53.0. The highest BCUT2D eigenvalue weighted by molar-refractivity contribution is 5.93. The Kier molecular flexibility index (Phi) is 35.1. The van der Waals surface area contributed by atoms with Crippen molar-refractivity contribution in [3.8, 4) is 57.3 Å². The molecule has 30 nitrogen and oxygen atoms in total. The zero-order valence-corrected chi connectivity index (χ0v) is 86.3. The second kappa shape index (κ2) is 49.4. The molecule has 149 heavy (non-hydrogen) atoms. The number of aromatic nitrogens is 10. The number of hydrogen-bond acceptors (Lipinski definition) is 25. The summed E-state index contributed by atoms with van der Waals surface area (Å²) < 4.78 is 46.9. The first-order valence-electron chi connectivity index (χ1n) is 53.0. The molecule has 30 heteroatoms. The molecular formula is C119H138N16O14. The summed E-state index contributed by atoms with van der Waals surface area (Å²) in [5, 5.41) is 51.0. The summed E-state index contributed by atoms with van der Waals surface area (Å²) >= 11 is 0. The SMILES string of the molecule is CC1(C)OC(=O)N(C2CCC(c3nnc(-c4ccccc4)o3)CC2)C1c1ccccc1.CC1(C)OC(=O)N(C2CCC(c3nnc(-c4ccccc4)o3)CC2)[C@@H]1c1ccccc1.CC1(C)OC(=O)N(C2CCC(c3nnc(-c4ccccc4)o3)CC2)[C@H]1c1ccccc1.CC1CCC(C(=O)O)CC1.CC1CCC(c2nnc(-c3ccccc3)o2)CC1.NC1CCC(c2nnc(-c3ccccc3)o2)CC1.NNC(=O)c1ccccc1. The molecule has 0 bridgehead atoms. The van der Waals surface area contributed by atoms with Gasteiger partial charge in [-0.25, -0.2) is 20.2 Å². The summed E-state index contributed by atoms with van der Waals surface area (Å²) in [5.41, 5.74) is 15.0. The monoisotopic (exact) mass is 2020 g/mol. The number of ether oxygens (including phenoxy) is 3. The molecule has 9 aromatic carbocycles. The van der Waals surface area contributed by atoms with Gasteiger partial charge in [-0.1, -0.05) is 214 Å². The van der Waals surface area contributed by atoms with Gasteiger partial charge in [0.25, 0.3) is 5.91 Å². The highest BCUT2D eigenvalue weighted by atomic mass is 16.6. The van der Waals surface area contributed by atoms with E-state index in [2.05, 4.69) is 101 Å². The molecule has 0 radical (unpaired) electrons. The molecular weight excluding hydrogens is 1880 g/mol. The Hall–Kier alpha value is -14.7. The number of nitrogen functional groups attached to an aromatic ring is 1. The lowest BCUT2D eigenvalue weighted by Crippen LogP contribution is -2.42. The van der Waals surface area contributed by atoms with Crippen molar-refractivity contribution in [1.82, 2.24) is 71.1 Å². The number of carbonyl (C=O) groups excluding carboxylic acids is 4. The molecule has 1 unspecified atom stereocenters. The average molecular weight is 2020 g/mol. The lowest BCUT2D eigenvalue weighted by Gasteiger charge is -2.37. The van der Waals surface area contributed by atoms with E-state index in [4.69, 9.17) is 53.0 Å². The first-order chi connectivity index (χ1) is 72.3. The fourth-order valence-corrected chi connectivity index (χ4v) is 22.3. The predicted octanol–water partition coefficient (Wildman–Crippen LogP) is 26.1. The van der Waals surface area contributed by atoms with E-state index >= 15 is 0 Å².